The van der Waals surface area contributed by atoms with E-state index in [9.17, 15) is 70.2 Å². The van der Waals surface area contributed by atoms with Gasteiger partial charge in [0.2, 0.25) is 11.6 Å². The summed E-state index contributed by atoms with van der Waals surface area (Å²) < 4.78 is 224. The Hall–Kier alpha value is -4.74. The molecule has 0 N–H and O–H groups in total. The number of halogens is 16. The van der Waals surface area contributed by atoms with Crippen LogP contribution in [-0.4, -0.2) is 12.4 Å². The van der Waals surface area contributed by atoms with Crippen LogP contribution in [0.5, 0.6) is 0 Å². The average Bonchev–Trinajstić information content (AvgIpc) is 2.89. The Bertz CT molecular complexity index is 1680. The Morgan fingerprint density at radius 2 is 0.643 bits per heavy atom. The molecule has 0 atom stereocenters. The van der Waals surface area contributed by atoms with Gasteiger partial charge in [0.05, 0.1) is 11.1 Å². The zero-order valence-electron chi connectivity index (χ0n) is 19.1. The monoisotopic (exact) mass is 622 g/mol. The lowest BCUT2D eigenvalue weighted by Crippen LogP contribution is -2.28. The molecule has 0 aliphatic rings. The third-order valence-electron chi connectivity index (χ3n) is 5.45. The SMILES string of the molecule is N#C/C(=c1/cc(-c2c(F)c(F)c(F)c(F)c2F)/c(=C(\C#N)C(F)(F)F)cc1-c1c(F)c(F)c(F)c(F)c1F)C(F)(F)F. The summed E-state index contributed by atoms with van der Waals surface area (Å²) >= 11 is 0. The number of nitriles is 2. The van der Waals surface area contributed by atoms with Crippen LogP contribution in [0.1, 0.15) is 0 Å². The van der Waals surface area contributed by atoms with Crippen molar-refractivity contribution in [2.24, 2.45) is 0 Å². The van der Waals surface area contributed by atoms with Gasteiger partial charge in [-0.05, 0) is 23.3 Å². The molecule has 0 saturated carbocycles. The van der Waals surface area contributed by atoms with Crippen LogP contribution >= 0.6 is 0 Å². The molecule has 2 nitrogen and oxygen atoms in total. The lowest BCUT2D eigenvalue weighted by Gasteiger charge is -2.16. The van der Waals surface area contributed by atoms with Crippen LogP contribution in [0.2, 0.25) is 0 Å². The Labute approximate surface area is 220 Å². The summed E-state index contributed by atoms with van der Waals surface area (Å²) in [4.78, 5) is 0. The molecule has 0 aliphatic carbocycles. The molecule has 220 valence electrons. The molecule has 3 aromatic rings. The average molecular weight is 622 g/mol. The van der Waals surface area contributed by atoms with E-state index in [1.165, 1.54) is 0 Å². The van der Waals surface area contributed by atoms with Crippen LogP contribution in [0.3, 0.4) is 0 Å². The second-order valence-corrected chi connectivity index (χ2v) is 7.80. The molecule has 0 saturated heterocycles. The topological polar surface area (TPSA) is 47.6 Å². The minimum absolute atomic E-state index is 0.376. The molecule has 42 heavy (non-hydrogen) atoms. The predicted molar refractivity (Wildman–Crippen MR) is 106 cm³/mol. The summed E-state index contributed by atoms with van der Waals surface area (Å²) in [5.74, 6) is -29.1. The van der Waals surface area contributed by atoms with Gasteiger partial charge >= 0.3 is 12.4 Å². The van der Waals surface area contributed by atoms with Crippen molar-refractivity contribution in [1.82, 2.24) is 0 Å². The summed E-state index contributed by atoms with van der Waals surface area (Å²) in [5.41, 5.74) is -14.4. The Morgan fingerprint density at radius 1 is 0.429 bits per heavy atom. The molecule has 0 amide bonds. The van der Waals surface area contributed by atoms with Crippen molar-refractivity contribution in [2.75, 3.05) is 0 Å². The summed E-state index contributed by atoms with van der Waals surface area (Å²) in [6, 6.07) is -0.422. The third kappa shape index (κ3) is 4.97. The van der Waals surface area contributed by atoms with Crippen LogP contribution < -0.4 is 10.4 Å². The molecule has 0 spiro atoms. The first-order chi connectivity index (χ1) is 19.2. The van der Waals surface area contributed by atoms with Crippen molar-refractivity contribution in [1.29, 1.82) is 10.5 Å². The van der Waals surface area contributed by atoms with Gasteiger partial charge in [0.15, 0.2) is 46.5 Å². The van der Waals surface area contributed by atoms with Gasteiger partial charge in [0, 0.05) is 10.4 Å². The molecule has 0 aromatic heterocycles. The zero-order valence-corrected chi connectivity index (χ0v) is 19.1. The number of nitrogens with zero attached hydrogens (tertiary/aromatic N) is 2. The fourth-order valence-electron chi connectivity index (χ4n) is 3.66. The van der Waals surface area contributed by atoms with Gasteiger partial charge < -0.3 is 0 Å². The van der Waals surface area contributed by atoms with Gasteiger partial charge in [0.1, 0.15) is 23.3 Å². The van der Waals surface area contributed by atoms with Crippen molar-refractivity contribution in [3.8, 4) is 34.4 Å². The fraction of sp³-hybridized carbons (Fsp3) is 0.0833. The largest absolute Gasteiger partial charge is 0.426 e. The van der Waals surface area contributed by atoms with Gasteiger partial charge in [-0.15, -0.1) is 0 Å². The number of rotatable bonds is 2. The van der Waals surface area contributed by atoms with Gasteiger partial charge in [0.25, 0.3) is 0 Å². The quantitative estimate of drug-likeness (QED) is 0.178. The van der Waals surface area contributed by atoms with Crippen molar-refractivity contribution < 1.29 is 70.2 Å². The summed E-state index contributed by atoms with van der Waals surface area (Å²) in [6.45, 7) is 0. The lowest BCUT2D eigenvalue weighted by molar-refractivity contribution is -0.0694. The van der Waals surface area contributed by atoms with Gasteiger partial charge in [-0.2, -0.15) is 36.9 Å². The van der Waals surface area contributed by atoms with E-state index in [0.29, 0.717) is 12.1 Å². The highest BCUT2D eigenvalue weighted by molar-refractivity contribution is 5.82. The van der Waals surface area contributed by atoms with E-state index >= 15 is 0 Å². The minimum Gasteiger partial charge on any atom is -0.203 e. The first kappa shape index (κ1) is 31.8. The van der Waals surface area contributed by atoms with Crippen molar-refractivity contribution in [3.63, 3.8) is 0 Å². The van der Waals surface area contributed by atoms with E-state index in [-0.39, 0.29) is 0 Å². The van der Waals surface area contributed by atoms with Crippen LogP contribution in [0.25, 0.3) is 33.4 Å². The van der Waals surface area contributed by atoms with E-state index in [1.807, 2.05) is 0 Å². The molecule has 3 rings (SSSR count). The van der Waals surface area contributed by atoms with E-state index in [4.69, 9.17) is 10.5 Å². The molecule has 0 unspecified atom stereocenters. The third-order valence-corrected chi connectivity index (χ3v) is 5.45. The van der Waals surface area contributed by atoms with Crippen molar-refractivity contribution >= 4 is 11.1 Å². The molecule has 3 aromatic carbocycles. The molecular weight excluding hydrogens is 620 g/mol. The molecule has 0 heterocycles. The number of hydrogen-bond acceptors (Lipinski definition) is 2. The predicted octanol–water partition coefficient (Wildman–Crippen LogP) is 6.88. The highest BCUT2D eigenvalue weighted by Crippen LogP contribution is 2.36. The maximum absolute atomic E-state index is 14.6. The Balaban J connectivity index is 2.94. The Morgan fingerprint density at radius 3 is 0.833 bits per heavy atom. The molecular formula is C24H2F16N2. The van der Waals surface area contributed by atoms with E-state index in [2.05, 4.69) is 0 Å². The summed E-state index contributed by atoms with van der Waals surface area (Å²) in [5, 5.41) is 13.9. The van der Waals surface area contributed by atoms with Crippen LogP contribution in [0.4, 0.5) is 70.2 Å². The zero-order chi connectivity index (χ0) is 32.2. The van der Waals surface area contributed by atoms with Gasteiger partial charge in [-0.3, -0.25) is 0 Å². The van der Waals surface area contributed by atoms with Crippen LogP contribution in [0, 0.1) is 80.8 Å². The Kier molecular flexibility index (Phi) is 8.01. The maximum atomic E-state index is 14.6. The number of hydrogen-bond donors (Lipinski definition) is 0. The standard InChI is InChI=1S/C24H2F16N2/c25-13-11(14(26)18(30)21(33)17(13)29)7-1-5(9(3-41)23(35,36)37)8(2-6(7)10(4-42)24(38,39)40)12-15(27)19(31)22(34)20(32)16(12)28/h1-2H/b9-5+,10-6+. The molecule has 0 aliphatic heterocycles. The first-order valence-corrected chi connectivity index (χ1v) is 10.1. The van der Waals surface area contributed by atoms with Gasteiger partial charge in [-0.1, -0.05) is 0 Å². The highest BCUT2D eigenvalue weighted by atomic mass is 19.4. The molecule has 0 bridgehead atoms. The summed E-state index contributed by atoms with van der Waals surface area (Å²) in [7, 11) is 0. The molecule has 18 heteroatoms. The first-order valence-electron chi connectivity index (χ1n) is 10.1. The molecule has 0 fully saturated rings. The fourth-order valence-corrected chi connectivity index (χ4v) is 3.66. The van der Waals surface area contributed by atoms with Crippen LogP contribution in [0.15, 0.2) is 12.1 Å². The maximum Gasteiger partial charge on any atom is 0.426 e. The second kappa shape index (κ2) is 10.6. The smallest absolute Gasteiger partial charge is 0.203 e. The van der Waals surface area contributed by atoms with E-state index in [0.717, 1.165) is 0 Å². The minimum atomic E-state index is -5.99. The van der Waals surface area contributed by atoms with Crippen molar-refractivity contribution in [2.45, 2.75) is 12.4 Å². The van der Waals surface area contributed by atoms with Crippen LogP contribution in [-0.2, 0) is 0 Å². The normalized spacial score (nSPS) is 13.5. The van der Waals surface area contributed by atoms with Gasteiger partial charge in [-0.25, -0.2) is 43.9 Å². The van der Waals surface area contributed by atoms with E-state index in [1.54, 1.807) is 0 Å². The van der Waals surface area contributed by atoms with Crippen molar-refractivity contribution in [3.05, 3.63) is 80.7 Å². The number of benzene rings is 3. The second-order valence-electron chi connectivity index (χ2n) is 7.80. The lowest BCUT2D eigenvalue weighted by atomic mass is 9.90. The molecule has 0 radical (unpaired) electrons. The number of alkyl halides is 6. The highest BCUT2D eigenvalue weighted by Gasteiger charge is 2.39. The van der Waals surface area contributed by atoms with E-state index < -0.39 is 126 Å². The summed E-state index contributed by atoms with van der Waals surface area (Å²) in [6.07, 6.45) is -12.0.